The lowest BCUT2D eigenvalue weighted by Gasteiger charge is -2.55. The van der Waals surface area contributed by atoms with Crippen molar-refractivity contribution in [2.24, 2.45) is 23.2 Å². The second-order valence-electron chi connectivity index (χ2n) is 7.59. The molecule has 0 atom stereocenters. The van der Waals surface area contributed by atoms with Gasteiger partial charge in [0.2, 0.25) is 0 Å². The number of carbonyl (C=O) groups excluding carboxylic acids is 2. The first-order valence-electron chi connectivity index (χ1n) is 8.35. The zero-order valence-electron chi connectivity index (χ0n) is 13.0. The molecule has 122 valence electrons. The van der Waals surface area contributed by atoms with Gasteiger partial charge in [0.15, 0.2) is 12.4 Å². The number of rotatable bonds is 4. The van der Waals surface area contributed by atoms with Gasteiger partial charge in [-0.1, -0.05) is 0 Å². The van der Waals surface area contributed by atoms with E-state index in [-0.39, 0.29) is 17.8 Å². The second-order valence-corrected chi connectivity index (χ2v) is 8.50. The van der Waals surface area contributed by atoms with Crippen molar-refractivity contribution in [3.8, 4) is 0 Å². The lowest BCUT2D eigenvalue weighted by molar-refractivity contribution is -0.147. The van der Waals surface area contributed by atoms with E-state index in [1.807, 2.05) is 0 Å². The Labute approximate surface area is 144 Å². The zero-order valence-corrected chi connectivity index (χ0v) is 14.5. The van der Waals surface area contributed by atoms with E-state index in [0.717, 1.165) is 41.5 Å². The van der Waals surface area contributed by atoms with Crippen LogP contribution in [0.3, 0.4) is 0 Å². The van der Waals surface area contributed by atoms with Crippen LogP contribution in [-0.4, -0.2) is 23.3 Å². The van der Waals surface area contributed by atoms with Gasteiger partial charge in [-0.05, 0) is 78.3 Å². The summed E-state index contributed by atoms with van der Waals surface area (Å²) in [6.45, 7) is -0.0997. The molecule has 1 aromatic heterocycles. The van der Waals surface area contributed by atoms with Crippen molar-refractivity contribution < 1.29 is 14.3 Å². The van der Waals surface area contributed by atoms with E-state index in [1.165, 1.54) is 25.5 Å². The number of halogens is 1. The van der Waals surface area contributed by atoms with Crippen LogP contribution in [0.4, 0.5) is 0 Å². The topological polar surface area (TPSA) is 56.3 Å². The molecule has 0 saturated heterocycles. The van der Waals surface area contributed by atoms with Crippen LogP contribution in [0.2, 0.25) is 0 Å². The highest BCUT2D eigenvalue weighted by atomic mass is 79.9. The summed E-state index contributed by atoms with van der Waals surface area (Å²) in [6, 6.07) is 1.66. The van der Waals surface area contributed by atoms with Crippen molar-refractivity contribution in [2.45, 2.75) is 38.5 Å². The van der Waals surface area contributed by atoms with Crippen LogP contribution < -0.4 is 0 Å². The van der Waals surface area contributed by atoms with Gasteiger partial charge in [-0.3, -0.25) is 9.78 Å². The quantitative estimate of drug-likeness (QED) is 0.749. The summed E-state index contributed by atoms with van der Waals surface area (Å²) < 4.78 is 6.01. The van der Waals surface area contributed by atoms with Gasteiger partial charge in [-0.15, -0.1) is 0 Å². The summed E-state index contributed by atoms with van der Waals surface area (Å²) in [7, 11) is 0. The van der Waals surface area contributed by atoms with Crippen molar-refractivity contribution in [3.05, 3.63) is 28.5 Å². The van der Waals surface area contributed by atoms with E-state index >= 15 is 0 Å². The third-order valence-corrected chi connectivity index (χ3v) is 6.34. The summed E-state index contributed by atoms with van der Waals surface area (Å²) in [5.74, 6) is 1.81. The lowest BCUT2D eigenvalue weighted by atomic mass is 9.48. The molecule has 4 aliphatic carbocycles. The highest BCUT2D eigenvalue weighted by Crippen LogP contribution is 2.60. The molecular weight excluding hydrogens is 358 g/mol. The average molecular weight is 378 g/mol. The second kappa shape index (κ2) is 5.69. The fraction of sp³-hybridized carbons (Fsp3) is 0.611. The van der Waals surface area contributed by atoms with Gasteiger partial charge in [-0.25, -0.2) is 4.79 Å². The zero-order chi connectivity index (χ0) is 16.0. The van der Waals surface area contributed by atoms with Gasteiger partial charge >= 0.3 is 5.97 Å². The minimum absolute atomic E-state index is 0.0997. The molecule has 5 heteroatoms. The van der Waals surface area contributed by atoms with Crippen LogP contribution in [0.5, 0.6) is 0 Å². The molecule has 0 amide bonds. The molecule has 23 heavy (non-hydrogen) atoms. The van der Waals surface area contributed by atoms with E-state index in [2.05, 4.69) is 20.9 Å². The van der Waals surface area contributed by atoms with E-state index in [1.54, 1.807) is 12.3 Å². The van der Waals surface area contributed by atoms with Crippen LogP contribution >= 0.6 is 15.9 Å². The van der Waals surface area contributed by atoms with Crippen LogP contribution in [-0.2, 0) is 9.53 Å². The third kappa shape index (κ3) is 2.84. The molecule has 1 aromatic rings. The highest BCUT2D eigenvalue weighted by Gasteiger charge is 2.54. The van der Waals surface area contributed by atoms with Crippen molar-refractivity contribution in [1.82, 2.24) is 4.98 Å². The fourth-order valence-electron chi connectivity index (χ4n) is 5.34. The molecule has 0 radical (unpaired) electrons. The number of pyridine rings is 1. The Hall–Kier alpha value is -1.23. The summed E-state index contributed by atoms with van der Waals surface area (Å²) in [6.07, 6.45) is 10.00. The molecule has 0 unspecified atom stereocenters. The fourth-order valence-corrected chi connectivity index (χ4v) is 5.71. The number of Topliss-reactive ketones (excluding diaryl/α,β-unsaturated/α-hetero) is 1. The van der Waals surface area contributed by atoms with Crippen LogP contribution in [0, 0.1) is 23.2 Å². The molecule has 0 spiro atoms. The SMILES string of the molecule is O=C(OCC(=O)C12CC3CC(CC(C3)C1)C2)c1cncc(Br)c1. The first-order valence-corrected chi connectivity index (χ1v) is 9.14. The minimum Gasteiger partial charge on any atom is -0.454 e. The number of ketones is 1. The molecule has 4 aliphatic rings. The van der Waals surface area contributed by atoms with Crippen LogP contribution in [0.25, 0.3) is 0 Å². The monoisotopic (exact) mass is 377 g/mol. The Morgan fingerprint density at radius 2 is 1.74 bits per heavy atom. The Kier molecular flexibility index (Phi) is 3.79. The third-order valence-electron chi connectivity index (χ3n) is 5.90. The lowest BCUT2D eigenvalue weighted by Crippen LogP contribution is -2.51. The number of nitrogens with zero attached hydrogens (tertiary/aromatic N) is 1. The smallest absolute Gasteiger partial charge is 0.340 e. The predicted molar refractivity (Wildman–Crippen MR) is 87.8 cm³/mol. The number of hydrogen-bond acceptors (Lipinski definition) is 4. The van der Waals surface area contributed by atoms with Gasteiger partial charge in [0, 0.05) is 22.3 Å². The average Bonchev–Trinajstić information content (AvgIpc) is 2.51. The maximum atomic E-state index is 12.8. The Morgan fingerprint density at radius 3 is 2.30 bits per heavy atom. The Bertz CT molecular complexity index is 622. The molecule has 1 heterocycles. The Balaban J connectivity index is 1.41. The summed E-state index contributed by atoms with van der Waals surface area (Å²) >= 11 is 3.28. The Morgan fingerprint density at radius 1 is 1.13 bits per heavy atom. The number of ether oxygens (including phenoxy) is 1. The van der Waals surface area contributed by atoms with Gasteiger partial charge in [0.05, 0.1) is 5.56 Å². The molecule has 4 fully saturated rings. The largest absolute Gasteiger partial charge is 0.454 e. The number of aromatic nitrogens is 1. The highest BCUT2D eigenvalue weighted by molar-refractivity contribution is 9.10. The van der Waals surface area contributed by atoms with E-state index in [4.69, 9.17) is 4.74 Å². The minimum atomic E-state index is -0.475. The number of hydrogen-bond donors (Lipinski definition) is 0. The standard InChI is InChI=1S/C18H20BrNO3/c19-15-4-14(8-20-9-15)17(22)23-10-16(21)18-5-11-1-12(6-18)3-13(2-11)7-18/h4,8-9,11-13H,1-3,5-7,10H2. The summed E-state index contributed by atoms with van der Waals surface area (Å²) in [5, 5.41) is 0. The first-order chi connectivity index (χ1) is 11.0. The maximum Gasteiger partial charge on any atom is 0.340 e. The molecule has 0 N–H and O–H groups in total. The molecule has 5 rings (SSSR count). The van der Waals surface area contributed by atoms with Crippen LogP contribution in [0.1, 0.15) is 48.9 Å². The van der Waals surface area contributed by atoms with Crippen molar-refractivity contribution in [2.75, 3.05) is 6.61 Å². The first kappa shape index (κ1) is 15.3. The van der Waals surface area contributed by atoms with Crippen molar-refractivity contribution >= 4 is 27.7 Å². The van der Waals surface area contributed by atoms with Gasteiger partial charge < -0.3 is 4.74 Å². The van der Waals surface area contributed by atoms with Gasteiger partial charge in [-0.2, -0.15) is 0 Å². The maximum absolute atomic E-state index is 12.8. The molecule has 4 nitrogen and oxygen atoms in total. The van der Waals surface area contributed by atoms with Crippen LogP contribution in [0.15, 0.2) is 22.9 Å². The van der Waals surface area contributed by atoms with E-state index < -0.39 is 5.97 Å². The van der Waals surface area contributed by atoms with Crippen molar-refractivity contribution in [1.29, 1.82) is 0 Å². The molecule has 4 bridgehead atoms. The van der Waals surface area contributed by atoms with Gasteiger partial charge in [0.25, 0.3) is 0 Å². The molecule has 0 aromatic carbocycles. The van der Waals surface area contributed by atoms with E-state index in [0.29, 0.717) is 5.56 Å². The summed E-state index contributed by atoms with van der Waals surface area (Å²) in [4.78, 5) is 28.8. The number of carbonyl (C=O) groups is 2. The molecule has 4 saturated carbocycles. The predicted octanol–water partition coefficient (Wildman–Crippen LogP) is 3.79. The van der Waals surface area contributed by atoms with Crippen molar-refractivity contribution in [3.63, 3.8) is 0 Å². The number of esters is 1. The molecule has 0 aliphatic heterocycles. The summed E-state index contributed by atoms with van der Waals surface area (Å²) in [5.41, 5.74) is 0.169. The normalized spacial score (nSPS) is 34.4. The van der Waals surface area contributed by atoms with Gasteiger partial charge in [0.1, 0.15) is 0 Å². The van der Waals surface area contributed by atoms with E-state index in [9.17, 15) is 9.59 Å². The molecular formula is C18H20BrNO3.